The Morgan fingerprint density at radius 1 is 1.06 bits per heavy atom. The van der Waals surface area contributed by atoms with E-state index in [1.54, 1.807) is 22.7 Å². The highest BCUT2D eigenvalue weighted by Crippen LogP contribution is 2.35. The van der Waals surface area contributed by atoms with Crippen molar-refractivity contribution in [2.24, 2.45) is 0 Å². The van der Waals surface area contributed by atoms with Crippen molar-refractivity contribution in [2.45, 2.75) is 13.0 Å². The predicted molar refractivity (Wildman–Crippen MR) is 74.2 cm³/mol. The van der Waals surface area contributed by atoms with E-state index in [1.165, 1.54) is 9.75 Å². The molecule has 0 aliphatic heterocycles. The molecule has 0 aliphatic rings. The van der Waals surface area contributed by atoms with Gasteiger partial charge in [-0.3, -0.25) is 0 Å². The van der Waals surface area contributed by atoms with Crippen LogP contribution in [0.25, 0.3) is 0 Å². The van der Waals surface area contributed by atoms with Crippen LogP contribution in [0.15, 0.2) is 24.3 Å². The zero-order valence-corrected chi connectivity index (χ0v) is 11.8. The Morgan fingerprint density at radius 2 is 1.56 bits per heavy atom. The van der Waals surface area contributed by atoms with E-state index in [0.717, 1.165) is 15.2 Å². The third kappa shape index (κ3) is 2.79. The molecule has 0 spiro atoms. The Bertz CT molecular complexity index is 424. The summed E-state index contributed by atoms with van der Waals surface area (Å²) in [5.74, 6) is 0. The molecule has 2 aromatic rings. The molecule has 5 heteroatoms. The van der Waals surface area contributed by atoms with Crippen molar-refractivity contribution < 1.29 is 0 Å². The normalized spacial score (nSPS) is 11.2. The average molecular weight is 292 g/mol. The van der Waals surface area contributed by atoms with E-state index in [0.29, 0.717) is 0 Å². The van der Waals surface area contributed by atoms with Crippen LogP contribution in [0.5, 0.6) is 0 Å². The van der Waals surface area contributed by atoms with Crippen LogP contribution >= 0.6 is 45.9 Å². The topological polar surface area (TPSA) is 12.0 Å². The number of hydrogen-bond acceptors (Lipinski definition) is 3. The van der Waals surface area contributed by atoms with E-state index in [-0.39, 0.29) is 6.04 Å². The molecule has 0 amide bonds. The maximum atomic E-state index is 5.97. The first-order valence-electron chi connectivity index (χ1n) is 4.94. The summed E-state index contributed by atoms with van der Waals surface area (Å²) in [6.45, 7) is 3.01. The molecule has 2 aromatic heterocycles. The van der Waals surface area contributed by atoms with Gasteiger partial charge in [0, 0.05) is 9.75 Å². The third-order valence-corrected chi connectivity index (χ3v) is 4.76. The number of halogens is 2. The van der Waals surface area contributed by atoms with Gasteiger partial charge in [0.25, 0.3) is 0 Å². The Hall–Kier alpha value is -0.0600. The Kier molecular flexibility index (Phi) is 4.27. The molecular weight excluding hydrogens is 281 g/mol. The van der Waals surface area contributed by atoms with Gasteiger partial charge in [0.15, 0.2) is 0 Å². The summed E-state index contributed by atoms with van der Waals surface area (Å²) in [6, 6.07) is 8.20. The molecule has 0 aromatic carbocycles. The van der Waals surface area contributed by atoms with Crippen molar-refractivity contribution in [1.82, 2.24) is 5.32 Å². The fourth-order valence-corrected chi connectivity index (χ4v) is 3.90. The third-order valence-electron chi connectivity index (χ3n) is 2.17. The molecule has 0 unspecified atom stereocenters. The molecule has 16 heavy (non-hydrogen) atoms. The second kappa shape index (κ2) is 5.52. The molecule has 2 heterocycles. The van der Waals surface area contributed by atoms with Crippen molar-refractivity contribution in [3.05, 3.63) is 42.7 Å². The minimum absolute atomic E-state index is 0.208. The van der Waals surface area contributed by atoms with Crippen LogP contribution in [-0.4, -0.2) is 6.54 Å². The van der Waals surface area contributed by atoms with Gasteiger partial charge in [-0.15, -0.1) is 22.7 Å². The highest BCUT2D eigenvalue weighted by atomic mass is 35.5. The molecule has 0 atom stereocenters. The minimum atomic E-state index is 0.208. The van der Waals surface area contributed by atoms with Crippen LogP contribution in [0.3, 0.4) is 0 Å². The van der Waals surface area contributed by atoms with Gasteiger partial charge in [-0.25, -0.2) is 0 Å². The van der Waals surface area contributed by atoms with Gasteiger partial charge in [-0.05, 0) is 30.8 Å². The lowest BCUT2D eigenvalue weighted by atomic mass is 10.2. The Morgan fingerprint density at radius 3 is 1.88 bits per heavy atom. The smallest absolute Gasteiger partial charge is 0.0931 e. The van der Waals surface area contributed by atoms with Crippen LogP contribution in [0.4, 0.5) is 0 Å². The van der Waals surface area contributed by atoms with Crippen LogP contribution < -0.4 is 5.32 Å². The predicted octanol–water partition coefficient (Wildman–Crippen LogP) is 4.82. The van der Waals surface area contributed by atoms with Crippen molar-refractivity contribution >= 4 is 45.9 Å². The molecule has 0 bridgehead atoms. The lowest BCUT2D eigenvalue weighted by Gasteiger charge is -2.14. The molecule has 0 saturated heterocycles. The van der Waals surface area contributed by atoms with Gasteiger partial charge in [0.2, 0.25) is 0 Å². The summed E-state index contributed by atoms with van der Waals surface area (Å²) in [6.07, 6.45) is 0. The van der Waals surface area contributed by atoms with Crippen LogP contribution in [0, 0.1) is 0 Å². The van der Waals surface area contributed by atoms with E-state index in [9.17, 15) is 0 Å². The summed E-state index contributed by atoms with van der Waals surface area (Å²) in [4.78, 5) is 2.45. The number of nitrogens with one attached hydrogen (secondary N) is 1. The number of thiophene rings is 2. The average Bonchev–Trinajstić information content (AvgIpc) is 2.84. The molecule has 1 nitrogen and oxygen atoms in total. The van der Waals surface area contributed by atoms with E-state index in [4.69, 9.17) is 23.2 Å². The second-order valence-electron chi connectivity index (χ2n) is 3.27. The molecular formula is C11H11Cl2NS2. The zero-order valence-electron chi connectivity index (χ0n) is 8.67. The monoisotopic (exact) mass is 291 g/mol. The van der Waals surface area contributed by atoms with Gasteiger partial charge in [-0.1, -0.05) is 30.1 Å². The van der Waals surface area contributed by atoms with Crippen molar-refractivity contribution in [1.29, 1.82) is 0 Å². The molecule has 2 rings (SSSR count). The number of hydrogen-bond donors (Lipinski definition) is 1. The first kappa shape index (κ1) is 12.4. The standard InChI is InChI=1S/C11H11Cl2NS2/c1-2-14-11(7-3-5-9(12)15-7)8-4-6-10(13)16-8/h3-6,11,14H,2H2,1H3. The summed E-state index contributed by atoms with van der Waals surface area (Å²) in [7, 11) is 0. The van der Waals surface area contributed by atoms with Gasteiger partial charge in [-0.2, -0.15) is 0 Å². The highest BCUT2D eigenvalue weighted by molar-refractivity contribution is 7.17. The van der Waals surface area contributed by atoms with E-state index in [2.05, 4.69) is 24.4 Å². The first-order chi connectivity index (χ1) is 7.70. The minimum Gasteiger partial charge on any atom is -0.305 e. The first-order valence-corrected chi connectivity index (χ1v) is 7.33. The highest BCUT2D eigenvalue weighted by Gasteiger charge is 2.16. The van der Waals surface area contributed by atoms with E-state index < -0.39 is 0 Å². The maximum absolute atomic E-state index is 5.97. The van der Waals surface area contributed by atoms with Gasteiger partial charge in [0.05, 0.1) is 14.7 Å². The summed E-state index contributed by atoms with van der Waals surface area (Å²) in [5, 5.41) is 3.45. The Balaban J connectivity index is 2.30. The quantitative estimate of drug-likeness (QED) is 0.852. The van der Waals surface area contributed by atoms with Crippen LogP contribution in [0.1, 0.15) is 22.7 Å². The van der Waals surface area contributed by atoms with Gasteiger partial charge < -0.3 is 5.32 Å². The molecule has 0 saturated carbocycles. The van der Waals surface area contributed by atoms with Gasteiger partial charge in [0.1, 0.15) is 0 Å². The second-order valence-corrected chi connectivity index (χ2v) is 6.77. The van der Waals surface area contributed by atoms with Crippen molar-refractivity contribution in [3.63, 3.8) is 0 Å². The van der Waals surface area contributed by atoms with E-state index in [1.807, 2.05) is 12.1 Å². The zero-order chi connectivity index (χ0) is 11.5. The molecule has 0 aliphatic carbocycles. The van der Waals surface area contributed by atoms with E-state index >= 15 is 0 Å². The fourth-order valence-electron chi connectivity index (χ4n) is 1.51. The van der Waals surface area contributed by atoms with Crippen molar-refractivity contribution in [3.8, 4) is 0 Å². The summed E-state index contributed by atoms with van der Waals surface area (Å²) in [5.41, 5.74) is 0. The largest absolute Gasteiger partial charge is 0.305 e. The van der Waals surface area contributed by atoms with Crippen LogP contribution in [-0.2, 0) is 0 Å². The SMILES string of the molecule is CCNC(c1ccc(Cl)s1)c1ccc(Cl)s1. The maximum Gasteiger partial charge on any atom is 0.0931 e. The Labute approximate surface area is 113 Å². The summed E-state index contributed by atoms with van der Waals surface area (Å²) >= 11 is 15.1. The van der Waals surface area contributed by atoms with Gasteiger partial charge >= 0.3 is 0 Å². The number of rotatable bonds is 4. The molecule has 1 N–H and O–H groups in total. The van der Waals surface area contributed by atoms with Crippen molar-refractivity contribution in [2.75, 3.05) is 6.54 Å². The summed E-state index contributed by atoms with van der Waals surface area (Å²) < 4.78 is 1.64. The fraction of sp³-hybridized carbons (Fsp3) is 0.273. The lowest BCUT2D eigenvalue weighted by Crippen LogP contribution is -2.19. The van der Waals surface area contributed by atoms with Crippen LogP contribution in [0.2, 0.25) is 8.67 Å². The molecule has 0 radical (unpaired) electrons. The molecule has 86 valence electrons. The molecule has 0 fully saturated rings. The lowest BCUT2D eigenvalue weighted by molar-refractivity contribution is 0.649.